The van der Waals surface area contributed by atoms with E-state index in [9.17, 15) is 13.2 Å². The summed E-state index contributed by atoms with van der Waals surface area (Å²) >= 11 is 0. The zero-order valence-electron chi connectivity index (χ0n) is 15.1. The molecule has 0 radical (unpaired) electrons. The van der Waals surface area contributed by atoms with E-state index in [1.807, 2.05) is 32.0 Å². The van der Waals surface area contributed by atoms with Crippen LogP contribution < -0.4 is 14.4 Å². The molecule has 3 rings (SSSR count). The van der Waals surface area contributed by atoms with E-state index in [0.717, 1.165) is 17.5 Å². The van der Waals surface area contributed by atoms with Crippen LogP contribution in [0.1, 0.15) is 25.0 Å². The van der Waals surface area contributed by atoms with E-state index in [4.69, 9.17) is 4.74 Å². The Morgan fingerprint density at radius 2 is 2.04 bits per heavy atom. The fourth-order valence-electron chi connectivity index (χ4n) is 3.05. The topological polar surface area (TPSA) is 75.7 Å². The highest BCUT2D eigenvalue weighted by Gasteiger charge is 2.25. The summed E-state index contributed by atoms with van der Waals surface area (Å²) in [4.78, 5) is 13.5. The minimum Gasteiger partial charge on any atom is -0.490 e. The van der Waals surface area contributed by atoms with Crippen molar-refractivity contribution in [2.75, 3.05) is 22.8 Å². The van der Waals surface area contributed by atoms with Gasteiger partial charge in [0.15, 0.2) is 0 Å². The number of rotatable bonds is 4. The number of carbonyl (C=O) groups excluding carboxylic acids is 1. The Morgan fingerprint density at radius 3 is 2.73 bits per heavy atom. The maximum atomic E-state index is 12.9. The van der Waals surface area contributed by atoms with Crippen LogP contribution in [-0.4, -0.2) is 27.5 Å². The molecule has 26 heavy (non-hydrogen) atoms. The maximum absolute atomic E-state index is 12.9. The third-order valence-electron chi connectivity index (χ3n) is 4.46. The molecule has 2 aromatic rings. The summed E-state index contributed by atoms with van der Waals surface area (Å²) < 4.78 is 34.1. The molecule has 0 aromatic heterocycles. The van der Waals surface area contributed by atoms with Crippen LogP contribution in [0.2, 0.25) is 0 Å². The Labute approximate surface area is 153 Å². The molecular weight excluding hydrogens is 352 g/mol. The van der Waals surface area contributed by atoms with Crippen LogP contribution in [0.3, 0.4) is 0 Å². The lowest BCUT2D eigenvalue weighted by Crippen LogP contribution is -2.36. The average Bonchev–Trinajstić information content (AvgIpc) is 2.62. The van der Waals surface area contributed by atoms with E-state index in [1.54, 1.807) is 6.07 Å². The van der Waals surface area contributed by atoms with Gasteiger partial charge in [-0.15, -0.1) is 0 Å². The maximum Gasteiger partial charge on any atom is 0.261 e. The van der Waals surface area contributed by atoms with E-state index < -0.39 is 10.0 Å². The Hall–Kier alpha value is -2.54. The summed E-state index contributed by atoms with van der Waals surface area (Å²) in [6, 6.07) is 10.3. The zero-order valence-corrected chi connectivity index (χ0v) is 15.9. The molecule has 0 saturated heterocycles. The minimum absolute atomic E-state index is 0.0957. The van der Waals surface area contributed by atoms with Gasteiger partial charge in [-0.25, -0.2) is 8.42 Å². The number of ether oxygens (including phenoxy) is 1. The minimum atomic E-state index is -3.79. The Morgan fingerprint density at radius 1 is 1.27 bits per heavy atom. The Kier molecular flexibility index (Phi) is 4.91. The molecule has 1 aliphatic rings. The van der Waals surface area contributed by atoms with Gasteiger partial charge in [-0.3, -0.25) is 9.52 Å². The first kappa shape index (κ1) is 18.3. The SMILES string of the molecule is CCc1cccc(C)c1NS(=O)(=O)c1ccc2c(c1)N(C(C)=O)CCO2. The number of para-hydroxylation sites is 1. The van der Waals surface area contributed by atoms with E-state index in [2.05, 4.69) is 4.72 Å². The van der Waals surface area contributed by atoms with Gasteiger partial charge >= 0.3 is 0 Å². The molecule has 1 N–H and O–H groups in total. The fraction of sp³-hybridized carbons (Fsp3) is 0.316. The summed E-state index contributed by atoms with van der Waals surface area (Å²) in [7, 11) is -3.79. The van der Waals surface area contributed by atoms with Crippen LogP contribution in [0.5, 0.6) is 5.75 Å². The lowest BCUT2D eigenvalue weighted by molar-refractivity contribution is -0.116. The van der Waals surface area contributed by atoms with Gasteiger partial charge in [0, 0.05) is 6.92 Å². The van der Waals surface area contributed by atoms with Gasteiger partial charge in [-0.05, 0) is 42.7 Å². The van der Waals surface area contributed by atoms with Crippen LogP contribution in [0.15, 0.2) is 41.3 Å². The molecule has 0 spiro atoms. The van der Waals surface area contributed by atoms with E-state index >= 15 is 0 Å². The Balaban J connectivity index is 2.01. The van der Waals surface area contributed by atoms with Crippen LogP contribution in [0.4, 0.5) is 11.4 Å². The lowest BCUT2D eigenvalue weighted by Gasteiger charge is -2.29. The van der Waals surface area contributed by atoms with Crippen molar-refractivity contribution >= 4 is 27.3 Å². The first-order chi connectivity index (χ1) is 12.3. The van der Waals surface area contributed by atoms with Crippen LogP contribution >= 0.6 is 0 Å². The highest BCUT2D eigenvalue weighted by atomic mass is 32.2. The number of carbonyl (C=O) groups is 1. The number of nitrogens with zero attached hydrogens (tertiary/aromatic N) is 1. The number of sulfonamides is 1. The van der Waals surface area contributed by atoms with Gasteiger partial charge in [0.25, 0.3) is 10.0 Å². The first-order valence-electron chi connectivity index (χ1n) is 8.49. The van der Waals surface area contributed by atoms with Gasteiger partial charge in [-0.1, -0.05) is 25.1 Å². The number of benzene rings is 2. The fourth-order valence-corrected chi connectivity index (χ4v) is 4.25. The van der Waals surface area contributed by atoms with Gasteiger partial charge in [0.1, 0.15) is 12.4 Å². The number of aryl methyl sites for hydroxylation is 2. The average molecular weight is 374 g/mol. The monoisotopic (exact) mass is 374 g/mol. The van der Waals surface area contributed by atoms with E-state index in [-0.39, 0.29) is 10.8 Å². The van der Waals surface area contributed by atoms with Crippen molar-refractivity contribution in [1.29, 1.82) is 0 Å². The number of anilines is 2. The second kappa shape index (κ2) is 6.99. The van der Waals surface area contributed by atoms with Gasteiger partial charge in [-0.2, -0.15) is 0 Å². The van der Waals surface area contributed by atoms with Crippen molar-refractivity contribution in [3.8, 4) is 5.75 Å². The Bertz CT molecular complexity index is 954. The molecule has 0 fully saturated rings. The normalized spacial score (nSPS) is 13.7. The van der Waals surface area contributed by atoms with Crippen molar-refractivity contribution in [3.05, 3.63) is 47.5 Å². The van der Waals surface area contributed by atoms with Gasteiger partial charge in [0.05, 0.1) is 22.8 Å². The van der Waals surface area contributed by atoms with Crippen LogP contribution in [0.25, 0.3) is 0 Å². The molecule has 0 atom stereocenters. The standard InChI is InChI=1S/C19H22N2O4S/c1-4-15-7-5-6-13(2)19(15)20-26(23,24)16-8-9-18-17(12-16)21(14(3)22)10-11-25-18/h5-9,12,20H,4,10-11H2,1-3H3. The second-order valence-corrected chi connectivity index (χ2v) is 7.90. The third kappa shape index (κ3) is 3.39. The van der Waals surface area contributed by atoms with Gasteiger partial charge < -0.3 is 9.64 Å². The van der Waals surface area contributed by atoms with Crippen LogP contribution in [0, 0.1) is 6.92 Å². The summed E-state index contributed by atoms with van der Waals surface area (Å²) in [6.07, 6.45) is 0.718. The van der Waals surface area contributed by atoms with Gasteiger partial charge in [0.2, 0.25) is 5.91 Å². The molecule has 7 heteroatoms. The second-order valence-electron chi connectivity index (χ2n) is 6.22. The largest absolute Gasteiger partial charge is 0.490 e. The molecule has 0 unspecified atom stereocenters. The summed E-state index contributed by atoms with van der Waals surface area (Å²) in [5.74, 6) is 0.361. The molecule has 1 amide bonds. The number of fused-ring (bicyclic) bond motifs is 1. The first-order valence-corrected chi connectivity index (χ1v) is 9.98. The smallest absolute Gasteiger partial charge is 0.261 e. The predicted octanol–water partition coefficient (Wildman–Crippen LogP) is 3.10. The summed E-state index contributed by atoms with van der Waals surface area (Å²) in [5.41, 5.74) is 2.87. The van der Waals surface area contributed by atoms with Crippen LogP contribution in [-0.2, 0) is 21.2 Å². The third-order valence-corrected chi connectivity index (χ3v) is 5.81. The van der Waals surface area contributed by atoms with Crippen molar-refractivity contribution in [2.24, 2.45) is 0 Å². The predicted molar refractivity (Wildman–Crippen MR) is 101 cm³/mol. The molecule has 2 aromatic carbocycles. The van der Waals surface area contributed by atoms with Crippen molar-refractivity contribution in [3.63, 3.8) is 0 Å². The number of amides is 1. The number of hydrogen-bond donors (Lipinski definition) is 1. The summed E-state index contributed by atoms with van der Waals surface area (Å²) in [5, 5.41) is 0. The van der Waals surface area contributed by atoms with Crippen molar-refractivity contribution in [2.45, 2.75) is 32.1 Å². The zero-order chi connectivity index (χ0) is 18.9. The molecule has 138 valence electrons. The van der Waals surface area contributed by atoms with Crippen molar-refractivity contribution in [1.82, 2.24) is 0 Å². The highest BCUT2D eigenvalue weighted by Crippen LogP contribution is 2.34. The highest BCUT2D eigenvalue weighted by molar-refractivity contribution is 7.92. The van der Waals surface area contributed by atoms with E-state index in [0.29, 0.717) is 30.3 Å². The number of hydrogen-bond acceptors (Lipinski definition) is 4. The van der Waals surface area contributed by atoms with Crippen molar-refractivity contribution < 1.29 is 17.9 Å². The molecule has 1 aliphatic heterocycles. The molecule has 0 saturated carbocycles. The molecule has 0 bridgehead atoms. The number of nitrogens with one attached hydrogen (secondary N) is 1. The van der Waals surface area contributed by atoms with E-state index in [1.165, 1.54) is 24.0 Å². The quantitative estimate of drug-likeness (QED) is 0.892. The molecule has 1 heterocycles. The molecule has 6 nitrogen and oxygen atoms in total. The summed E-state index contributed by atoms with van der Waals surface area (Å²) in [6.45, 7) is 6.09. The molecule has 0 aliphatic carbocycles. The lowest BCUT2D eigenvalue weighted by atomic mass is 10.1. The molecular formula is C19H22N2O4S.